The minimum Gasteiger partial charge on any atom is -0.495 e. The highest BCUT2D eigenvalue weighted by Gasteiger charge is 2.22. The maximum Gasteiger partial charge on any atom is 0.287 e. The highest BCUT2D eigenvalue weighted by atomic mass is 32.2. The Morgan fingerprint density at radius 3 is 2.43 bits per heavy atom. The zero-order valence-electron chi connectivity index (χ0n) is 14.1. The van der Waals surface area contributed by atoms with Gasteiger partial charge in [0.2, 0.25) is 0 Å². The number of ether oxygens (including phenoxy) is 1. The second-order valence-electron chi connectivity index (χ2n) is 5.79. The van der Waals surface area contributed by atoms with Gasteiger partial charge in [0.1, 0.15) is 17.0 Å². The van der Waals surface area contributed by atoms with E-state index in [2.05, 4.69) is 21.2 Å². The molecule has 1 aliphatic heterocycles. The average Bonchev–Trinajstić information content (AvgIpc) is 2.53. The van der Waals surface area contributed by atoms with Crippen molar-refractivity contribution in [3.05, 3.63) is 18.2 Å². The Kier molecular flexibility index (Phi) is 5.48. The number of hydrogen-bond donors (Lipinski definition) is 0. The van der Waals surface area contributed by atoms with Gasteiger partial charge < -0.3 is 19.4 Å². The van der Waals surface area contributed by atoms with Gasteiger partial charge in [-0.25, -0.2) is 0 Å². The quantitative estimate of drug-likeness (QED) is 0.581. The molecule has 7 nitrogen and oxygen atoms in total. The number of sulfonamides is 1. The van der Waals surface area contributed by atoms with Crippen LogP contribution in [0.5, 0.6) is 5.75 Å². The van der Waals surface area contributed by atoms with Crippen molar-refractivity contribution in [2.75, 3.05) is 59.3 Å². The molecule has 0 radical (unpaired) electrons. The molecule has 0 bridgehead atoms. The molecule has 0 saturated carbocycles. The fraction of sp³-hybridized carbons (Fsp3) is 0.533. The van der Waals surface area contributed by atoms with Crippen LogP contribution in [0.1, 0.15) is 0 Å². The maximum atomic E-state index is 12.5. The fourth-order valence-corrected chi connectivity index (χ4v) is 3.44. The van der Waals surface area contributed by atoms with Crippen molar-refractivity contribution in [2.45, 2.75) is 4.90 Å². The zero-order valence-corrected chi connectivity index (χ0v) is 14.9. The van der Waals surface area contributed by atoms with Crippen molar-refractivity contribution in [3.63, 3.8) is 0 Å². The molecule has 8 heteroatoms. The Balaban J connectivity index is 2.36. The van der Waals surface area contributed by atoms with Gasteiger partial charge in [-0.1, -0.05) is 0 Å². The van der Waals surface area contributed by atoms with E-state index >= 15 is 0 Å². The Hall–Kier alpha value is -1.80. The zero-order chi connectivity index (χ0) is 17.0. The van der Waals surface area contributed by atoms with Gasteiger partial charge in [0.05, 0.1) is 7.11 Å². The number of anilines is 1. The van der Waals surface area contributed by atoms with Crippen LogP contribution in [-0.2, 0) is 10.0 Å². The van der Waals surface area contributed by atoms with Crippen molar-refractivity contribution in [1.29, 1.82) is 0 Å². The van der Waals surface area contributed by atoms with E-state index in [4.69, 9.17) is 4.74 Å². The Morgan fingerprint density at radius 2 is 1.87 bits per heavy atom. The van der Waals surface area contributed by atoms with Crippen LogP contribution < -0.4 is 9.64 Å². The summed E-state index contributed by atoms with van der Waals surface area (Å²) in [5.74, 6) is 0.304. The van der Waals surface area contributed by atoms with Crippen molar-refractivity contribution in [3.8, 4) is 5.75 Å². The normalized spacial score (nSPS) is 16.8. The highest BCUT2D eigenvalue weighted by molar-refractivity contribution is 7.90. The summed E-state index contributed by atoms with van der Waals surface area (Å²) in [5, 5.41) is 0. The lowest BCUT2D eigenvalue weighted by Gasteiger charge is -2.34. The first-order chi connectivity index (χ1) is 10.8. The van der Waals surface area contributed by atoms with Gasteiger partial charge in [0.25, 0.3) is 10.0 Å². The van der Waals surface area contributed by atoms with Crippen molar-refractivity contribution in [2.24, 2.45) is 4.40 Å². The molecular formula is C15H24N4O3S. The summed E-state index contributed by atoms with van der Waals surface area (Å²) in [5.41, 5.74) is 0.873. The summed E-state index contributed by atoms with van der Waals surface area (Å²) in [4.78, 5) is 6.09. The number of hydrogen-bond acceptors (Lipinski definition) is 5. The van der Waals surface area contributed by atoms with Crippen LogP contribution in [-0.4, -0.2) is 79.0 Å². The molecule has 0 atom stereocenters. The van der Waals surface area contributed by atoms with Crippen molar-refractivity contribution < 1.29 is 13.2 Å². The molecule has 1 fully saturated rings. The third-order valence-electron chi connectivity index (χ3n) is 3.71. The lowest BCUT2D eigenvalue weighted by Crippen LogP contribution is -2.44. The molecule has 0 unspecified atom stereocenters. The Bertz CT molecular complexity index is 665. The average molecular weight is 340 g/mol. The van der Waals surface area contributed by atoms with Crippen LogP contribution in [0, 0.1) is 0 Å². The molecule has 0 aromatic heterocycles. The largest absolute Gasteiger partial charge is 0.495 e. The van der Waals surface area contributed by atoms with E-state index < -0.39 is 10.0 Å². The lowest BCUT2D eigenvalue weighted by atomic mass is 10.2. The standard InChI is InChI=1S/C15H24N4O3S/c1-17(2)12-16-23(20,21)15-11-13(5-6-14(15)22-4)19-9-7-18(3)8-10-19/h5-6,11-12H,7-10H2,1-4H3/b16-12+. The topological polar surface area (TPSA) is 65.5 Å². The van der Waals surface area contributed by atoms with Gasteiger partial charge in [-0.3, -0.25) is 0 Å². The summed E-state index contributed by atoms with van der Waals surface area (Å²) in [6, 6.07) is 5.22. The van der Waals surface area contributed by atoms with E-state index in [1.165, 1.54) is 13.4 Å². The number of piperazine rings is 1. The van der Waals surface area contributed by atoms with E-state index in [9.17, 15) is 8.42 Å². The molecule has 0 spiro atoms. The van der Waals surface area contributed by atoms with Gasteiger partial charge in [-0.15, -0.1) is 4.40 Å². The van der Waals surface area contributed by atoms with Gasteiger partial charge in [0.15, 0.2) is 0 Å². The first-order valence-corrected chi connectivity index (χ1v) is 8.86. The lowest BCUT2D eigenvalue weighted by molar-refractivity contribution is 0.312. The van der Waals surface area contributed by atoms with Gasteiger partial charge in [0, 0.05) is 46.0 Å². The molecule has 1 aliphatic rings. The Labute approximate surface area is 138 Å². The van der Waals surface area contributed by atoms with E-state index in [0.717, 1.165) is 31.9 Å². The van der Waals surface area contributed by atoms with Crippen LogP contribution in [0.4, 0.5) is 5.69 Å². The van der Waals surface area contributed by atoms with Crippen LogP contribution >= 0.6 is 0 Å². The number of benzene rings is 1. The van der Waals surface area contributed by atoms with Crippen LogP contribution in [0.25, 0.3) is 0 Å². The van der Waals surface area contributed by atoms with E-state index in [-0.39, 0.29) is 4.90 Å². The fourth-order valence-electron chi connectivity index (χ4n) is 2.34. The number of rotatable bonds is 5. The maximum absolute atomic E-state index is 12.5. The monoisotopic (exact) mass is 340 g/mol. The summed E-state index contributed by atoms with van der Waals surface area (Å²) >= 11 is 0. The smallest absolute Gasteiger partial charge is 0.287 e. The number of likely N-dealkylation sites (N-methyl/N-ethyl adjacent to an activating group) is 1. The van der Waals surface area contributed by atoms with Crippen molar-refractivity contribution in [1.82, 2.24) is 9.80 Å². The molecule has 128 valence electrons. The predicted octanol–water partition coefficient (Wildman–Crippen LogP) is 0.726. The minimum absolute atomic E-state index is 0.0922. The summed E-state index contributed by atoms with van der Waals surface area (Å²) in [7, 11) is 3.17. The summed E-state index contributed by atoms with van der Waals surface area (Å²) in [6.07, 6.45) is 1.28. The highest BCUT2D eigenvalue weighted by Crippen LogP contribution is 2.30. The summed E-state index contributed by atoms with van der Waals surface area (Å²) in [6.45, 7) is 3.63. The second kappa shape index (κ2) is 7.18. The van der Waals surface area contributed by atoms with Gasteiger partial charge in [-0.2, -0.15) is 8.42 Å². The first-order valence-electron chi connectivity index (χ1n) is 7.42. The molecule has 0 N–H and O–H groups in total. The molecule has 1 heterocycles. The number of methoxy groups -OCH3 is 1. The SMILES string of the molecule is COc1ccc(N2CCN(C)CC2)cc1S(=O)(=O)/N=C/N(C)C. The van der Waals surface area contributed by atoms with E-state index in [0.29, 0.717) is 5.75 Å². The third kappa shape index (κ3) is 4.35. The molecule has 0 amide bonds. The Morgan fingerprint density at radius 1 is 1.22 bits per heavy atom. The van der Waals surface area contributed by atoms with Crippen LogP contribution in [0.3, 0.4) is 0 Å². The van der Waals surface area contributed by atoms with Crippen LogP contribution in [0.15, 0.2) is 27.5 Å². The summed E-state index contributed by atoms with van der Waals surface area (Å²) < 4.78 is 33.8. The predicted molar refractivity (Wildman–Crippen MR) is 92.1 cm³/mol. The van der Waals surface area contributed by atoms with Gasteiger partial charge in [-0.05, 0) is 25.2 Å². The molecule has 1 aromatic carbocycles. The molecule has 0 aliphatic carbocycles. The first kappa shape index (κ1) is 17.6. The number of nitrogens with zero attached hydrogens (tertiary/aromatic N) is 4. The van der Waals surface area contributed by atoms with Crippen LogP contribution in [0.2, 0.25) is 0 Å². The molecule has 23 heavy (non-hydrogen) atoms. The van der Waals surface area contributed by atoms with Gasteiger partial charge >= 0.3 is 0 Å². The van der Waals surface area contributed by atoms with E-state index in [1.807, 2.05) is 6.07 Å². The molecule has 1 aromatic rings. The molecular weight excluding hydrogens is 316 g/mol. The minimum atomic E-state index is -3.80. The van der Waals surface area contributed by atoms with Crippen molar-refractivity contribution >= 4 is 22.0 Å². The molecule has 1 saturated heterocycles. The van der Waals surface area contributed by atoms with E-state index in [1.54, 1.807) is 31.1 Å². The third-order valence-corrected chi connectivity index (χ3v) is 4.96. The second-order valence-corrected chi connectivity index (χ2v) is 7.39. The molecule has 2 rings (SSSR count).